The number of para-hydroxylation sites is 2. The quantitative estimate of drug-likeness (QED) is 0.165. The summed E-state index contributed by atoms with van der Waals surface area (Å²) in [5.41, 5.74) is 5.90. The summed E-state index contributed by atoms with van der Waals surface area (Å²) in [6, 6.07) is 54.4. The SMILES string of the molecule is N#Cc1cc(C#N)c(-c2ccc3c(c2)c2ccccc2n3-c2ccc(C#N)cc2-c2ccc(C(F)(F)F)cc2-n2c3ccccc3c3cc(-c4c(C#N)cc(C#N)cc4C#N)ccc32)c(C#N)c1. The topological polar surface area (TPSA) is 176 Å². The summed E-state index contributed by atoms with van der Waals surface area (Å²) in [5.74, 6) is 0. The highest BCUT2D eigenvalue weighted by Gasteiger charge is 2.32. The summed E-state index contributed by atoms with van der Waals surface area (Å²) in [4.78, 5) is 0. The first-order valence-corrected chi connectivity index (χ1v) is 20.6. The summed E-state index contributed by atoms with van der Waals surface area (Å²) >= 11 is 0. The fraction of sp³-hybridized carbons (Fsp3) is 0.0179. The molecule has 0 bridgehead atoms. The smallest absolute Gasteiger partial charge is 0.309 e. The Morgan fingerprint density at radius 2 is 0.794 bits per heavy atom. The van der Waals surface area contributed by atoms with Crippen LogP contribution >= 0.6 is 0 Å². The van der Waals surface area contributed by atoms with E-state index < -0.39 is 11.7 Å². The first-order valence-electron chi connectivity index (χ1n) is 20.6. The summed E-state index contributed by atoms with van der Waals surface area (Å²) in [6.45, 7) is 0. The van der Waals surface area contributed by atoms with Crippen LogP contribution in [0.15, 0.2) is 146 Å². The number of nitriles is 7. The van der Waals surface area contributed by atoms with Crippen molar-refractivity contribution in [3.8, 4) is 87.2 Å². The molecule has 0 radical (unpaired) electrons. The number of benzene rings is 8. The predicted molar refractivity (Wildman–Crippen MR) is 249 cm³/mol. The first kappa shape index (κ1) is 41.6. The lowest BCUT2D eigenvalue weighted by molar-refractivity contribution is -0.137. The molecule has 0 fully saturated rings. The van der Waals surface area contributed by atoms with E-state index in [4.69, 9.17) is 0 Å². The van der Waals surface area contributed by atoms with Gasteiger partial charge in [-0.15, -0.1) is 0 Å². The van der Waals surface area contributed by atoms with Gasteiger partial charge < -0.3 is 9.13 Å². The van der Waals surface area contributed by atoms with Crippen LogP contribution in [0.2, 0.25) is 0 Å². The van der Waals surface area contributed by atoms with E-state index in [-0.39, 0.29) is 44.6 Å². The van der Waals surface area contributed by atoms with Gasteiger partial charge in [0, 0.05) is 43.8 Å². The monoisotopic (exact) mass is 879 g/mol. The highest BCUT2D eigenvalue weighted by Crippen LogP contribution is 2.45. The minimum Gasteiger partial charge on any atom is -0.309 e. The number of rotatable bonds is 5. The van der Waals surface area contributed by atoms with Crippen molar-refractivity contribution in [3.05, 3.63) is 190 Å². The zero-order chi connectivity index (χ0) is 47.4. The molecule has 0 N–H and O–H groups in total. The van der Waals surface area contributed by atoms with Gasteiger partial charge in [-0.25, -0.2) is 0 Å². The van der Waals surface area contributed by atoms with Crippen LogP contribution in [0, 0.1) is 79.3 Å². The number of nitrogens with zero attached hydrogens (tertiary/aromatic N) is 9. The van der Waals surface area contributed by atoms with Crippen LogP contribution in [-0.4, -0.2) is 9.13 Å². The Hall–Kier alpha value is -10.4. The Morgan fingerprint density at radius 3 is 1.24 bits per heavy atom. The number of fused-ring (bicyclic) bond motifs is 6. The standard InChI is InChI=1S/C56H24F3N9/c57-56(58,59)41-12-13-44(53(24-41)68-49-8-4-2-6-43(49)47-23-36(11-16-52(47)68)55-39(30-65)19-34(27-62)20-40(55)31-66)45-21-32(25-60)9-14-50(45)67-48-7-3-1-5-42(48)46-22-35(10-15-51(46)67)54-37(28-63)17-33(26-61)18-38(54)29-64/h1-24H. The van der Waals surface area contributed by atoms with Crippen molar-refractivity contribution in [1.29, 1.82) is 36.8 Å². The van der Waals surface area contributed by atoms with Crippen LogP contribution in [0.5, 0.6) is 0 Å². The number of halogens is 3. The third-order valence-electron chi connectivity index (χ3n) is 12.2. The molecule has 10 rings (SSSR count). The van der Waals surface area contributed by atoms with Crippen LogP contribution in [0.3, 0.4) is 0 Å². The fourth-order valence-electron chi connectivity index (χ4n) is 9.30. The van der Waals surface area contributed by atoms with Gasteiger partial charge in [0.05, 0.1) is 120 Å². The van der Waals surface area contributed by atoms with Gasteiger partial charge in [0.25, 0.3) is 0 Å². The normalized spacial score (nSPS) is 11.1. The van der Waals surface area contributed by atoms with Crippen LogP contribution in [0.4, 0.5) is 13.2 Å². The molecule has 0 spiro atoms. The summed E-state index contributed by atoms with van der Waals surface area (Å²) in [5, 5.41) is 72.8. The van der Waals surface area contributed by atoms with Crippen LogP contribution < -0.4 is 0 Å². The van der Waals surface area contributed by atoms with Crippen molar-refractivity contribution < 1.29 is 13.2 Å². The molecular weight excluding hydrogens is 856 g/mol. The Kier molecular flexibility index (Phi) is 9.77. The average molecular weight is 880 g/mol. The van der Waals surface area contributed by atoms with Gasteiger partial charge in [0.15, 0.2) is 0 Å². The zero-order valence-electron chi connectivity index (χ0n) is 35.0. The second-order valence-electron chi connectivity index (χ2n) is 15.8. The van der Waals surface area contributed by atoms with Gasteiger partial charge in [-0.05, 0) is 102 Å². The molecule has 0 saturated carbocycles. The van der Waals surface area contributed by atoms with Crippen molar-refractivity contribution >= 4 is 43.6 Å². The molecule has 0 aliphatic heterocycles. The number of hydrogen-bond acceptors (Lipinski definition) is 7. The predicted octanol–water partition coefficient (Wildman–Crippen LogP) is 13.0. The van der Waals surface area contributed by atoms with E-state index in [9.17, 15) is 50.0 Å². The maximum atomic E-state index is 14.9. The van der Waals surface area contributed by atoms with Gasteiger partial charge in [0.1, 0.15) is 0 Å². The molecule has 12 heteroatoms. The van der Waals surface area contributed by atoms with E-state index in [0.29, 0.717) is 66.4 Å². The van der Waals surface area contributed by atoms with E-state index >= 15 is 0 Å². The lowest BCUT2D eigenvalue weighted by Crippen LogP contribution is -2.08. The maximum Gasteiger partial charge on any atom is 0.416 e. The Labute approximate surface area is 384 Å². The molecule has 0 aliphatic rings. The van der Waals surface area contributed by atoms with Crippen molar-refractivity contribution in [3.63, 3.8) is 0 Å². The molecular formula is C56H24F3N9. The highest BCUT2D eigenvalue weighted by atomic mass is 19.4. The van der Waals surface area contributed by atoms with E-state index in [2.05, 4.69) is 30.3 Å². The van der Waals surface area contributed by atoms with Crippen molar-refractivity contribution in [1.82, 2.24) is 9.13 Å². The molecule has 0 amide bonds. The lowest BCUT2D eigenvalue weighted by atomic mass is 9.92. The van der Waals surface area contributed by atoms with Gasteiger partial charge in [0.2, 0.25) is 0 Å². The third-order valence-corrected chi connectivity index (χ3v) is 12.2. The minimum absolute atomic E-state index is 0.114. The summed E-state index contributed by atoms with van der Waals surface area (Å²) in [6.07, 6.45) is -4.75. The number of aromatic nitrogens is 2. The van der Waals surface area contributed by atoms with E-state index in [1.807, 2.05) is 59.2 Å². The Morgan fingerprint density at radius 1 is 0.353 bits per heavy atom. The Balaban J connectivity index is 1.26. The van der Waals surface area contributed by atoms with Gasteiger partial charge in [-0.1, -0.05) is 54.6 Å². The second-order valence-corrected chi connectivity index (χ2v) is 15.8. The molecule has 10 aromatic rings. The van der Waals surface area contributed by atoms with E-state index in [1.54, 1.807) is 65.2 Å². The van der Waals surface area contributed by atoms with Crippen LogP contribution in [-0.2, 0) is 6.18 Å². The van der Waals surface area contributed by atoms with E-state index in [0.717, 1.165) is 28.4 Å². The molecule has 0 atom stereocenters. The van der Waals surface area contributed by atoms with Gasteiger partial charge in [-0.3, -0.25) is 0 Å². The van der Waals surface area contributed by atoms with Crippen molar-refractivity contribution in [2.75, 3.05) is 0 Å². The van der Waals surface area contributed by atoms with Crippen LogP contribution in [0.25, 0.3) is 88.4 Å². The zero-order valence-corrected chi connectivity index (χ0v) is 35.0. The number of alkyl halides is 3. The highest BCUT2D eigenvalue weighted by molar-refractivity contribution is 6.13. The Bertz CT molecular complexity index is 4110. The largest absolute Gasteiger partial charge is 0.416 e. The molecule has 2 heterocycles. The van der Waals surface area contributed by atoms with E-state index in [1.165, 1.54) is 30.3 Å². The van der Waals surface area contributed by atoms with Crippen molar-refractivity contribution in [2.45, 2.75) is 6.18 Å². The summed E-state index contributed by atoms with van der Waals surface area (Å²) < 4.78 is 48.4. The molecule has 8 aromatic carbocycles. The molecule has 314 valence electrons. The average Bonchev–Trinajstić information content (AvgIpc) is 3.88. The molecule has 0 saturated heterocycles. The summed E-state index contributed by atoms with van der Waals surface area (Å²) in [7, 11) is 0. The molecule has 0 aliphatic carbocycles. The van der Waals surface area contributed by atoms with Crippen molar-refractivity contribution in [2.24, 2.45) is 0 Å². The maximum absolute atomic E-state index is 14.9. The number of hydrogen-bond donors (Lipinski definition) is 0. The minimum atomic E-state index is -4.75. The first-order chi connectivity index (χ1) is 33.0. The molecule has 9 nitrogen and oxygen atoms in total. The van der Waals surface area contributed by atoms with Gasteiger partial charge in [-0.2, -0.15) is 50.0 Å². The molecule has 2 aromatic heterocycles. The van der Waals surface area contributed by atoms with Gasteiger partial charge >= 0.3 is 6.18 Å². The molecule has 68 heavy (non-hydrogen) atoms. The second kappa shape index (κ2) is 16.0. The van der Waals surface area contributed by atoms with Crippen LogP contribution in [0.1, 0.15) is 44.5 Å². The fourth-order valence-corrected chi connectivity index (χ4v) is 9.30. The molecule has 0 unspecified atom stereocenters. The lowest BCUT2D eigenvalue weighted by Gasteiger charge is -2.20. The third kappa shape index (κ3) is 6.50.